The number of nitrogen functional groups attached to an aromatic ring is 1. The number of aryl methyl sites for hydroxylation is 1. The minimum atomic E-state index is -0.358. The second-order valence-corrected chi connectivity index (χ2v) is 10.7. The molecule has 0 aliphatic heterocycles. The zero-order valence-corrected chi connectivity index (χ0v) is 23.2. The smallest absolute Gasteiger partial charge is 0.273 e. The number of aromatic nitrogens is 2. The van der Waals surface area contributed by atoms with Crippen molar-refractivity contribution in [2.45, 2.75) is 59.9 Å². The van der Waals surface area contributed by atoms with Crippen molar-refractivity contribution in [2.75, 3.05) is 16.4 Å². The summed E-state index contributed by atoms with van der Waals surface area (Å²) in [4.78, 5) is 30.0. The summed E-state index contributed by atoms with van der Waals surface area (Å²) in [6.07, 6.45) is 8.53. The van der Waals surface area contributed by atoms with Crippen molar-refractivity contribution in [3.05, 3.63) is 84.5 Å². The monoisotopic (exact) mass is 531 g/mol. The first-order chi connectivity index (χ1) is 18.5. The van der Waals surface area contributed by atoms with E-state index in [0.29, 0.717) is 47.8 Å². The number of nitrogens with two attached hydrogens (primary N) is 1. The molecule has 7 nitrogen and oxygen atoms in total. The molecule has 1 aromatic carbocycles. The second-order valence-electron chi connectivity index (χ2n) is 10.7. The highest BCUT2D eigenvalue weighted by Gasteiger charge is 2.19. The van der Waals surface area contributed by atoms with Crippen LogP contribution in [0.1, 0.15) is 63.9 Å². The summed E-state index contributed by atoms with van der Waals surface area (Å²) < 4.78 is 16.6. The van der Waals surface area contributed by atoms with Gasteiger partial charge in [-0.15, -0.1) is 0 Å². The fraction of sp³-hybridized carbons (Fsp3) is 0.323. The molecule has 3 rings (SSSR count). The lowest BCUT2D eigenvalue weighted by molar-refractivity contribution is -0.117. The molecule has 0 atom stereocenters. The Balaban J connectivity index is 1.98. The van der Waals surface area contributed by atoms with Crippen molar-refractivity contribution in [3.63, 3.8) is 0 Å². The summed E-state index contributed by atoms with van der Waals surface area (Å²) in [5.74, 6) is -0.410. The van der Waals surface area contributed by atoms with Crippen molar-refractivity contribution in [1.82, 2.24) is 9.55 Å². The number of carbonyl (C=O) groups excluding carboxylic acids is 2. The van der Waals surface area contributed by atoms with Gasteiger partial charge in [0, 0.05) is 29.6 Å². The number of nitrogens with one attached hydrogen (secondary N) is 2. The Labute approximate surface area is 229 Å². The number of carbonyl (C=O) groups is 2. The molecule has 0 radical (unpaired) electrons. The van der Waals surface area contributed by atoms with E-state index in [1.54, 1.807) is 18.2 Å². The number of allylic oxidation sites excluding steroid dienone is 5. The van der Waals surface area contributed by atoms with Gasteiger partial charge in [0.05, 0.1) is 11.9 Å². The summed E-state index contributed by atoms with van der Waals surface area (Å²) >= 11 is 0. The fourth-order valence-electron chi connectivity index (χ4n) is 4.20. The Kier molecular flexibility index (Phi) is 9.82. The molecule has 0 spiro atoms. The summed E-state index contributed by atoms with van der Waals surface area (Å²) in [7, 11) is 0. The molecule has 2 aromatic heterocycles. The average molecular weight is 532 g/mol. The quantitative estimate of drug-likeness (QED) is 0.224. The number of unbranched alkanes of at least 4 members (excludes halogenated alkanes) is 1. The number of fused-ring (bicyclic) bond motifs is 1. The van der Waals surface area contributed by atoms with Gasteiger partial charge in [0.15, 0.2) is 0 Å². The van der Waals surface area contributed by atoms with E-state index in [9.17, 15) is 14.0 Å². The zero-order valence-electron chi connectivity index (χ0n) is 23.2. The van der Waals surface area contributed by atoms with Crippen LogP contribution in [0.5, 0.6) is 0 Å². The van der Waals surface area contributed by atoms with E-state index in [2.05, 4.69) is 22.2 Å². The Bertz CT molecular complexity index is 1390. The maximum atomic E-state index is 14.8. The third-order valence-electron chi connectivity index (χ3n) is 5.99. The van der Waals surface area contributed by atoms with Gasteiger partial charge in [-0.25, -0.2) is 9.37 Å². The Morgan fingerprint density at radius 2 is 1.92 bits per heavy atom. The van der Waals surface area contributed by atoms with Crippen LogP contribution in [0.15, 0.2) is 78.8 Å². The van der Waals surface area contributed by atoms with Crippen LogP contribution in [-0.2, 0) is 11.3 Å². The zero-order chi connectivity index (χ0) is 28.6. The SMILES string of the molecule is C=C/C=C(F)\C(=C/CCC)CCn1c(C(=O)Nc2ccc(N)cn2)cc2cc(NC(=O)CC(C)(C)C)ccc21. The number of benzene rings is 1. The van der Waals surface area contributed by atoms with Gasteiger partial charge in [-0.3, -0.25) is 9.59 Å². The lowest BCUT2D eigenvalue weighted by Gasteiger charge is -2.17. The number of anilines is 3. The molecule has 0 saturated heterocycles. The summed E-state index contributed by atoms with van der Waals surface area (Å²) in [5.41, 5.74) is 8.46. The maximum absolute atomic E-state index is 14.8. The van der Waals surface area contributed by atoms with Crippen LogP contribution < -0.4 is 16.4 Å². The Morgan fingerprint density at radius 3 is 2.56 bits per heavy atom. The number of hydrogen-bond acceptors (Lipinski definition) is 4. The number of halogens is 1. The summed E-state index contributed by atoms with van der Waals surface area (Å²) in [5, 5.41) is 6.54. The van der Waals surface area contributed by atoms with E-state index in [1.807, 2.05) is 56.5 Å². The van der Waals surface area contributed by atoms with Gasteiger partial charge in [-0.2, -0.15) is 0 Å². The molecule has 206 valence electrons. The van der Waals surface area contributed by atoms with Gasteiger partial charge in [0.2, 0.25) is 5.91 Å². The highest BCUT2D eigenvalue weighted by atomic mass is 19.1. The van der Waals surface area contributed by atoms with E-state index in [-0.39, 0.29) is 23.1 Å². The number of amides is 2. The van der Waals surface area contributed by atoms with Gasteiger partial charge >= 0.3 is 0 Å². The molecule has 0 bridgehead atoms. The lowest BCUT2D eigenvalue weighted by Crippen LogP contribution is -2.19. The third kappa shape index (κ3) is 8.40. The van der Waals surface area contributed by atoms with E-state index in [4.69, 9.17) is 5.73 Å². The number of hydrogen-bond donors (Lipinski definition) is 3. The van der Waals surface area contributed by atoms with Crippen LogP contribution in [0.25, 0.3) is 10.9 Å². The standard InChI is InChI=1S/C31H38FN5O2/c1-6-8-10-21(25(32)9-7-2)15-16-37-26-13-12-24(35-29(38)19-31(3,4)5)17-22(26)18-27(37)30(39)36-28-14-11-23(33)20-34-28/h7,9-14,17-18,20H,2,6,8,15-16,19,33H2,1,3-5H3,(H,35,38)(H,34,36,39)/b21-10-,25-9+. The molecular formula is C31H38FN5O2. The molecule has 4 N–H and O–H groups in total. The first kappa shape index (κ1) is 29.4. The van der Waals surface area contributed by atoms with Crippen LogP contribution in [-0.4, -0.2) is 21.4 Å². The lowest BCUT2D eigenvalue weighted by atomic mass is 9.92. The largest absolute Gasteiger partial charge is 0.397 e. The Morgan fingerprint density at radius 1 is 1.15 bits per heavy atom. The first-order valence-corrected chi connectivity index (χ1v) is 13.1. The molecule has 0 fully saturated rings. The Hall–Kier alpha value is -4.20. The van der Waals surface area contributed by atoms with Crippen molar-refractivity contribution in [3.8, 4) is 0 Å². The van der Waals surface area contributed by atoms with Crippen molar-refractivity contribution < 1.29 is 14.0 Å². The van der Waals surface area contributed by atoms with Crippen molar-refractivity contribution in [2.24, 2.45) is 5.41 Å². The molecular weight excluding hydrogens is 493 g/mol. The molecule has 39 heavy (non-hydrogen) atoms. The minimum absolute atomic E-state index is 0.0798. The molecule has 8 heteroatoms. The van der Waals surface area contributed by atoms with E-state index < -0.39 is 0 Å². The van der Waals surface area contributed by atoms with Gasteiger partial charge in [0.1, 0.15) is 17.3 Å². The predicted octanol–water partition coefficient (Wildman–Crippen LogP) is 7.40. The fourth-order valence-corrected chi connectivity index (χ4v) is 4.20. The molecule has 2 heterocycles. The van der Waals surface area contributed by atoms with Gasteiger partial charge in [0.25, 0.3) is 5.91 Å². The molecule has 0 aliphatic rings. The van der Waals surface area contributed by atoms with Crippen LogP contribution in [0.2, 0.25) is 0 Å². The van der Waals surface area contributed by atoms with Crippen LogP contribution in [0.4, 0.5) is 21.6 Å². The summed E-state index contributed by atoms with van der Waals surface area (Å²) in [6, 6.07) is 10.6. The normalized spacial score (nSPS) is 12.4. The molecule has 3 aromatic rings. The second kappa shape index (κ2) is 13.0. The van der Waals surface area contributed by atoms with Crippen LogP contribution >= 0.6 is 0 Å². The topological polar surface area (TPSA) is 102 Å². The van der Waals surface area contributed by atoms with Crippen LogP contribution in [0.3, 0.4) is 0 Å². The van der Waals surface area contributed by atoms with E-state index in [0.717, 1.165) is 23.7 Å². The minimum Gasteiger partial charge on any atom is -0.397 e. The first-order valence-electron chi connectivity index (χ1n) is 13.1. The maximum Gasteiger partial charge on any atom is 0.273 e. The van der Waals surface area contributed by atoms with Gasteiger partial charge in [-0.05, 0) is 66.3 Å². The van der Waals surface area contributed by atoms with E-state index in [1.165, 1.54) is 18.3 Å². The number of nitrogens with zero attached hydrogens (tertiary/aromatic N) is 2. The van der Waals surface area contributed by atoms with Crippen LogP contribution in [0, 0.1) is 5.41 Å². The van der Waals surface area contributed by atoms with Crippen molar-refractivity contribution in [1.29, 1.82) is 0 Å². The predicted molar refractivity (Wildman–Crippen MR) is 158 cm³/mol. The molecule has 0 saturated carbocycles. The highest BCUT2D eigenvalue weighted by Crippen LogP contribution is 2.28. The third-order valence-corrected chi connectivity index (χ3v) is 5.99. The van der Waals surface area contributed by atoms with Gasteiger partial charge < -0.3 is 20.9 Å². The average Bonchev–Trinajstić information content (AvgIpc) is 3.22. The number of pyridine rings is 1. The van der Waals surface area contributed by atoms with E-state index >= 15 is 0 Å². The molecule has 2 amide bonds. The molecule has 0 unspecified atom stereocenters. The van der Waals surface area contributed by atoms with Gasteiger partial charge in [-0.1, -0.05) is 52.8 Å². The number of rotatable bonds is 11. The summed E-state index contributed by atoms with van der Waals surface area (Å²) in [6.45, 7) is 12.0. The highest BCUT2D eigenvalue weighted by molar-refractivity contribution is 6.06. The van der Waals surface area contributed by atoms with Crippen molar-refractivity contribution >= 4 is 39.9 Å². The molecule has 0 aliphatic carbocycles.